The van der Waals surface area contributed by atoms with Crippen molar-refractivity contribution in [3.05, 3.63) is 0 Å². The standard InChI is InChI=1S/C7H13N3/c1-2-3-6-9-10-7-4-5-8/h6,10H,2-4,7H2,1H3/b9-6-. The third-order valence-corrected chi connectivity index (χ3v) is 0.949. The number of hydrazone groups is 1. The van der Waals surface area contributed by atoms with Gasteiger partial charge < -0.3 is 5.43 Å². The van der Waals surface area contributed by atoms with Gasteiger partial charge in [-0.25, -0.2) is 0 Å². The molecule has 56 valence electrons. The smallest absolute Gasteiger partial charge is 0.0640 e. The molecule has 0 heterocycles. The van der Waals surface area contributed by atoms with Gasteiger partial charge in [-0.15, -0.1) is 0 Å². The third kappa shape index (κ3) is 6.96. The zero-order chi connectivity index (χ0) is 7.66. The molecule has 3 heteroatoms. The van der Waals surface area contributed by atoms with Crippen molar-refractivity contribution in [2.24, 2.45) is 5.10 Å². The van der Waals surface area contributed by atoms with Gasteiger partial charge in [0.1, 0.15) is 0 Å². The zero-order valence-electron chi connectivity index (χ0n) is 6.30. The van der Waals surface area contributed by atoms with Crippen LogP contribution in [0.15, 0.2) is 5.10 Å². The van der Waals surface area contributed by atoms with Crippen LogP contribution in [0.3, 0.4) is 0 Å². The summed E-state index contributed by atoms with van der Waals surface area (Å²) >= 11 is 0. The van der Waals surface area contributed by atoms with Crippen LogP contribution >= 0.6 is 0 Å². The Labute approximate surface area is 61.7 Å². The Bertz CT molecular complexity index is 123. The van der Waals surface area contributed by atoms with Crippen LogP contribution in [0.4, 0.5) is 0 Å². The zero-order valence-corrected chi connectivity index (χ0v) is 6.30. The van der Waals surface area contributed by atoms with E-state index in [-0.39, 0.29) is 0 Å². The van der Waals surface area contributed by atoms with Crippen molar-refractivity contribution in [2.45, 2.75) is 26.2 Å². The summed E-state index contributed by atoms with van der Waals surface area (Å²) in [6, 6.07) is 2.02. The summed E-state index contributed by atoms with van der Waals surface area (Å²) in [4.78, 5) is 0. The Balaban J connectivity index is 2.96. The molecule has 0 atom stereocenters. The number of hydrogen-bond donors (Lipinski definition) is 1. The Morgan fingerprint density at radius 3 is 3.10 bits per heavy atom. The van der Waals surface area contributed by atoms with Crippen molar-refractivity contribution in [3.8, 4) is 6.07 Å². The monoisotopic (exact) mass is 139 g/mol. The highest BCUT2D eigenvalue weighted by Crippen LogP contribution is 1.78. The number of nitrogens with one attached hydrogen (secondary N) is 1. The lowest BCUT2D eigenvalue weighted by Crippen LogP contribution is -2.06. The van der Waals surface area contributed by atoms with Crippen molar-refractivity contribution < 1.29 is 0 Å². The second-order valence-electron chi connectivity index (χ2n) is 1.92. The fraction of sp³-hybridized carbons (Fsp3) is 0.714. The molecular weight excluding hydrogens is 126 g/mol. The topological polar surface area (TPSA) is 48.2 Å². The lowest BCUT2D eigenvalue weighted by Gasteiger charge is -1.91. The summed E-state index contributed by atoms with van der Waals surface area (Å²) in [6.07, 6.45) is 4.46. The fourth-order valence-corrected chi connectivity index (χ4v) is 0.435. The summed E-state index contributed by atoms with van der Waals surface area (Å²) in [5.74, 6) is 0. The molecule has 0 saturated carbocycles. The lowest BCUT2D eigenvalue weighted by atomic mass is 10.4. The molecule has 0 spiro atoms. The summed E-state index contributed by atoms with van der Waals surface area (Å²) in [5, 5.41) is 12.0. The molecule has 0 amide bonds. The molecule has 0 aliphatic heterocycles. The molecule has 0 fully saturated rings. The number of nitrogens with zero attached hydrogens (tertiary/aromatic N) is 2. The van der Waals surface area contributed by atoms with E-state index in [1.807, 2.05) is 12.3 Å². The maximum absolute atomic E-state index is 8.13. The first-order valence-corrected chi connectivity index (χ1v) is 3.53. The maximum Gasteiger partial charge on any atom is 0.0640 e. The van der Waals surface area contributed by atoms with Crippen LogP contribution in [0.2, 0.25) is 0 Å². The van der Waals surface area contributed by atoms with Gasteiger partial charge >= 0.3 is 0 Å². The van der Waals surface area contributed by atoms with Crippen LogP contribution in [-0.4, -0.2) is 12.8 Å². The van der Waals surface area contributed by atoms with E-state index in [1.165, 1.54) is 0 Å². The highest BCUT2D eigenvalue weighted by Gasteiger charge is 1.77. The van der Waals surface area contributed by atoms with Crippen molar-refractivity contribution in [3.63, 3.8) is 0 Å². The van der Waals surface area contributed by atoms with Crippen molar-refractivity contribution in [2.75, 3.05) is 6.54 Å². The fourth-order valence-electron chi connectivity index (χ4n) is 0.435. The van der Waals surface area contributed by atoms with Crippen LogP contribution in [0, 0.1) is 11.3 Å². The highest BCUT2D eigenvalue weighted by atomic mass is 15.3. The molecule has 1 N–H and O–H groups in total. The number of unbranched alkanes of at least 4 members (excludes halogenated alkanes) is 1. The average Bonchev–Trinajstić information content (AvgIpc) is 1.97. The molecule has 0 aromatic rings. The molecule has 3 nitrogen and oxygen atoms in total. The molecule has 0 aliphatic carbocycles. The summed E-state index contributed by atoms with van der Waals surface area (Å²) in [6.45, 7) is 2.75. The molecule has 0 rings (SSSR count). The third-order valence-electron chi connectivity index (χ3n) is 0.949. The van der Waals surface area contributed by atoms with E-state index >= 15 is 0 Å². The van der Waals surface area contributed by atoms with Gasteiger partial charge in [0.2, 0.25) is 0 Å². The van der Waals surface area contributed by atoms with Gasteiger partial charge in [0.05, 0.1) is 12.5 Å². The normalized spacial score (nSPS) is 9.60. The average molecular weight is 139 g/mol. The summed E-state index contributed by atoms with van der Waals surface area (Å²) in [5.41, 5.74) is 2.77. The van der Waals surface area contributed by atoms with Crippen molar-refractivity contribution in [1.29, 1.82) is 5.26 Å². The molecule has 0 saturated heterocycles. The molecule has 0 radical (unpaired) electrons. The Morgan fingerprint density at radius 1 is 1.70 bits per heavy atom. The van der Waals surface area contributed by atoms with Crippen LogP contribution in [-0.2, 0) is 0 Å². The molecule has 0 aromatic heterocycles. The van der Waals surface area contributed by atoms with E-state index in [4.69, 9.17) is 5.26 Å². The number of nitriles is 1. The Hall–Kier alpha value is -1.04. The second kappa shape index (κ2) is 7.96. The van der Waals surface area contributed by atoms with Crippen LogP contribution in [0.5, 0.6) is 0 Å². The van der Waals surface area contributed by atoms with Crippen molar-refractivity contribution in [1.82, 2.24) is 5.43 Å². The van der Waals surface area contributed by atoms with Crippen LogP contribution < -0.4 is 5.43 Å². The Kier molecular flexibility index (Phi) is 7.13. The molecule has 0 aliphatic rings. The van der Waals surface area contributed by atoms with Gasteiger partial charge in [-0.2, -0.15) is 10.4 Å². The predicted octanol–water partition coefficient (Wildman–Crippen LogP) is 1.28. The second-order valence-corrected chi connectivity index (χ2v) is 1.92. The summed E-state index contributed by atoms with van der Waals surface area (Å²) < 4.78 is 0. The maximum atomic E-state index is 8.13. The quantitative estimate of drug-likeness (QED) is 0.354. The number of hydrogen-bond acceptors (Lipinski definition) is 3. The minimum atomic E-state index is 0.517. The summed E-state index contributed by atoms with van der Waals surface area (Å²) in [7, 11) is 0. The van der Waals surface area contributed by atoms with Crippen LogP contribution in [0.25, 0.3) is 0 Å². The lowest BCUT2D eigenvalue weighted by molar-refractivity contribution is 0.746. The van der Waals surface area contributed by atoms with Gasteiger partial charge in [-0.3, -0.25) is 0 Å². The van der Waals surface area contributed by atoms with Gasteiger partial charge in [0, 0.05) is 12.8 Å². The van der Waals surface area contributed by atoms with E-state index in [0.29, 0.717) is 13.0 Å². The molecule has 10 heavy (non-hydrogen) atoms. The van der Waals surface area contributed by atoms with E-state index in [2.05, 4.69) is 17.5 Å². The van der Waals surface area contributed by atoms with Gasteiger partial charge in [0.25, 0.3) is 0 Å². The minimum absolute atomic E-state index is 0.517. The van der Waals surface area contributed by atoms with Gasteiger partial charge in [0.15, 0.2) is 0 Å². The first kappa shape index (κ1) is 8.96. The molecular formula is C7H13N3. The van der Waals surface area contributed by atoms with Crippen LogP contribution in [0.1, 0.15) is 26.2 Å². The highest BCUT2D eigenvalue weighted by molar-refractivity contribution is 5.56. The van der Waals surface area contributed by atoms with E-state index in [9.17, 15) is 0 Å². The predicted molar refractivity (Wildman–Crippen MR) is 41.6 cm³/mol. The largest absolute Gasteiger partial charge is 0.309 e. The number of rotatable bonds is 5. The van der Waals surface area contributed by atoms with E-state index < -0.39 is 0 Å². The SMILES string of the molecule is CCC/C=N\NCCC#N. The Morgan fingerprint density at radius 2 is 2.50 bits per heavy atom. The van der Waals surface area contributed by atoms with Gasteiger partial charge in [-0.1, -0.05) is 13.3 Å². The minimum Gasteiger partial charge on any atom is -0.309 e. The van der Waals surface area contributed by atoms with E-state index in [1.54, 1.807) is 0 Å². The van der Waals surface area contributed by atoms with Crippen molar-refractivity contribution >= 4 is 6.21 Å². The molecule has 0 aromatic carbocycles. The van der Waals surface area contributed by atoms with Gasteiger partial charge in [-0.05, 0) is 6.42 Å². The first-order chi connectivity index (χ1) is 4.91. The molecule has 0 bridgehead atoms. The molecule has 0 unspecified atom stereocenters. The van der Waals surface area contributed by atoms with E-state index in [0.717, 1.165) is 12.8 Å². The first-order valence-electron chi connectivity index (χ1n) is 3.53.